The molecule has 104 valence electrons. The number of halogens is 3. The number of rotatable bonds is 4. The number of benzene rings is 1. The molecule has 1 rings (SSSR count). The number of nitrogens with two attached hydrogens (primary N) is 1. The maximum atomic E-state index is 13.6. The van der Waals surface area contributed by atoms with Crippen LogP contribution >= 0.6 is 28.1 Å². The molecule has 1 aromatic carbocycles. The molecule has 0 saturated carbocycles. The van der Waals surface area contributed by atoms with Gasteiger partial charge in [-0.3, -0.25) is 4.79 Å². The number of thiocarbonyl (C=S) groups is 1. The summed E-state index contributed by atoms with van der Waals surface area (Å²) < 4.78 is 26.9. The van der Waals surface area contributed by atoms with Crippen molar-refractivity contribution in [2.45, 2.75) is 20.3 Å². The maximum Gasteiger partial charge on any atom is 0.237 e. The monoisotopic (exact) mass is 350 g/mol. The van der Waals surface area contributed by atoms with E-state index in [9.17, 15) is 13.6 Å². The standard InChI is InChI=1S/C12H13BrF2N2OS/c1-3-12(2,10(16)19)11(18)17-9-5-7(14)6(13)4-8(9)15/h4-5H,3H2,1-2H3,(H2,16,19)(H,17,18). The Labute approximate surface area is 123 Å². The number of carbonyl (C=O) groups is 1. The van der Waals surface area contributed by atoms with Gasteiger partial charge >= 0.3 is 0 Å². The lowest BCUT2D eigenvalue weighted by molar-refractivity contribution is -0.121. The third-order valence-electron chi connectivity index (χ3n) is 3.01. The van der Waals surface area contributed by atoms with Gasteiger partial charge in [-0.05, 0) is 35.3 Å². The predicted molar refractivity (Wildman–Crippen MR) is 77.9 cm³/mol. The summed E-state index contributed by atoms with van der Waals surface area (Å²) in [6, 6.07) is 1.84. The van der Waals surface area contributed by atoms with Crippen LogP contribution in [0.4, 0.5) is 14.5 Å². The average molecular weight is 351 g/mol. The number of anilines is 1. The van der Waals surface area contributed by atoms with Crippen LogP contribution in [0.3, 0.4) is 0 Å². The second-order valence-electron chi connectivity index (χ2n) is 4.25. The number of nitrogens with one attached hydrogen (secondary N) is 1. The summed E-state index contributed by atoms with van der Waals surface area (Å²) in [5, 5.41) is 2.31. The van der Waals surface area contributed by atoms with Gasteiger partial charge < -0.3 is 11.1 Å². The van der Waals surface area contributed by atoms with Crippen LogP contribution in [0, 0.1) is 17.0 Å². The maximum absolute atomic E-state index is 13.6. The molecule has 0 bridgehead atoms. The van der Waals surface area contributed by atoms with E-state index in [1.54, 1.807) is 13.8 Å². The molecule has 1 unspecified atom stereocenters. The fourth-order valence-electron chi connectivity index (χ4n) is 1.33. The Hall–Kier alpha value is -1.08. The molecule has 3 nitrogen and oxygen atoms in total. The summed E-state index contributed by atoms with van der Waals surface area (Å²) in [7, 11) is 0. The summed E-state index contributed by atoms with van der Waals surface area (Å²) in [4.78, 5) is 12.1. The zero-order valence-corrected chi connectivity index (χ0v) is 12.8. The molecule has 0 saturated heterocycles. The van der Waals surface area contributed by atoms with E-state index in [0.717, 1.165) is 12.1 Å². The first kappa shape index (κ1) is 16.0. The van der Waals surface area contributed by atoms with Crippen LogP contribution in [0.15, 0.2) is 16.6 Å². The summed E-state index contributed by atoms with van der Waals surface area (Å²) in [5.41, 5.74) is 4.17. The zero-order chi connectivity index (χ0) is 14.8. The Balaban J connectivity index is 3.06. The Bertz CT molecular complexity index is 539. The molecule has 1 amide bonds. The molecule has 0 aliphatic carbocycles. The first-order valence-corrected chi connectivity index (χ1v) is 6.68. The van der Waals surface area contributed by atoms with Crippen LogP contribution in [0.1, 0.15) is 20.3 Å². The lowest BCUT2D eigenvalue weighted by atomic mass is 9.86. The second-order valence-corrected chi connectivity index (χ2v) is 5.54. The molecule has 0 aliphatic heterocycles. The largest absolute Gasteiger partial charge is 0.392 e. The zero-order valence-electron chi connectivity index (χ0n) is 10.4. The summed E-state index contributed by atoms with van der Waals surface area (Å²) in [6.45, 7) is 3.29. The Morgan fingerprint density at radius 2 is 2.05 bits per heavy atom. The van der Waals surface area contributed by atoms with Gasteiger partial charge in [-0.15, -0.1) is 0 Å². The van der Waals surface area contributed by atoms with Crippen molar-refractivity contribution in [3.05, 3.63) is 28.2 Å². The van der Waals surface area contributed by atoms with E-state index < -0.39 is 23.0 Å². The summed E-state index contributed by atoms with van der Waals surface area (Å²) in [6.07, 6.45) is 0.356. The van der Waals surface area contributed by atoms with Gasteiger partial charge in [0.05, 0.1) is 20.6 Å². The molecule has 0 radical (unpaired) electrons. The molecule has 0 spiro atoms. The van der Waals surface area contributed by atoms with Crippen LogP contribution in [0.25, 0.3) is 0 Å². The number of hydrogen-bond acceptors (Lipinski definition) is 2. The predicted octanol–water partition coefficient (Wildman–Crippen LogP) is 3.37. The molecule has 19 heavy (non-hydrogen) atoms. The SMILES string of the molecule is CCC(C)(C(=O)Nc1cc(F)c(Br)cc1F)C(N)=S. The van der Waals surface area contributed by atoms with E-state index in [1.165, 1.54) is 0 Å². The van der Waals surface area contributed by atoms with Crippen molar-refractivity contribution in [2.75, 3.05) is 5.32 Å². The van der Waals surface area contributed by atoms with Gasteiger partial charge in [0.2, 0.25) is 5.91 Å². The molecule has 1 atom stereocenters. The molecule has 7 heteroatoms. The molecular weight excluding hydrogens is 338 g/mol. The van der Waals surface area contributed by atoms with Crippen LogP contribution in [0.2, 0.25) is 0 Å². The van der Waals surface area contributed by atoms with Gasteiger partial charge in [-0.2, -0.15) is 0 Å². The molecular formula is C12H13BrF2N2OS. The normalized spacial score (nSPS) is 13.7. The van der Waals surface area contributed by atoms with Crippen molar-refractivity contribution in [1.82, 2.24) is 0 Å². The third-order valence-corrected chi connectivity index (χ3v) is 4.07. The van der Waals surface area contributed by atoms with Crippen molar-refractivity contribution in [1.29, 1.82) is 0 Å². The molecule has 0 aliphatic rings. The second kappa shape index (κ2) is 5.92. The average Bonchev–Trinajstić information content (AvgIpc) is 2.34. The Morgan fingerprint density at radius 1 is 1.47 bits per heavy atom. The molecule has 0 heterocycles. The minimum Gasteiger partial charge on any atom is -0.392 e. The number of carbonyl (C=O) groups excluding carboxylic acids is 1. The quantitative estimate of drug-likeness (QED) is 0.646. The first-order chi connectivity index (χ1) is 8.72. The third kappa shape index (κ3) is 3.27. The fourth-order valence-corrected chi connectivity index (χ4v) is 1.88. The number of hydrogen-bond donors (Lipinski definition) is 2. The molecule has 3 N–H and O–H groups in total. The first-order valence-electron chi connectivity index (χ1n) is 5.48. The van der Waals surface area contributed by atoms with E-state index in [1.807, 2.05) is 0 Å². The van der Waals surface area contributed by atoms with Crippen LogP contribution in [-0.2, 0) is 4.79 Å². The van der Waals surface area contributed by atoms with Gasteiger partial charge in [0.25, 0.3) is 0 Å². The van der Waals surface area contributed by atoms with Crippen molar-refractivity contribution in [2.24, 2.45) is 11.1 Å². The molecule has 0 fully saturated rings. The molecule has 0 aromatic heterocycles. The van der Waals surface area contributed by atoms with Crippen molar-refractivity contribution in [3.63, 3.8) is 0 Å². The topological polar surface area (TPSA) is 55.1 Å². The lowest BCUT2D eigenvalue weighted by Gasteiger charge is -2.25. The van der Waals surface area contributed by atoms with E-state index in [0.29, 0.717) is 6.42 Å². The van der Waals surface area contributed by atoms with Gasteiger partial charge in [0.15, 0.2) is 0 Å². The van der Waals surface area contributed by atoms with Crippen molar-refractivity contribution >= 4 is 44.7 Å². The van der Waals surface area contributed by atoms with E-state index >= 15 is 0 Å². The lowest BCUT2D eigenvalue weighted by Crippen LogP contribution is -2.43. The van der Waals surface area contributed by atoms with Crippen molar-refractivity contribution < 1.29 is 13.6 Å². The van der Waals surface area contributed by atoms with Crippen LogP contribution in [-0.4, -0.2) is 10.9 Å². The highest BCUT2D eigenvalue weighted by atomic mass is 79.9. The van der Waals surface area contributed by atoms with Crippen LogP contribution < -0.4 is 11.1 Å². The summed E-state index contributed by atoms with van der Waals surface area (Å²) >= 11 is 7.70. The highest BCUT2D eigenvalue weighted by molar-refractivity contribution is 9.10. The van der Waals surface area contributed by atoms with Gasteiger partial charge in [-0.1, -0.05) is 19.1 Å². The molecule has 1 aromatic rings. The summed E-state index contributed by atoms with van der Waals surface area (Å²) in [5.74, 6) is -1.99. The minimum absolute atomic E-state index is 0.00508. The number of amides is 1. The Kier molecular flexibility index (Phi) is 4.98. The van der Waals surface area contributed by atoms with E-state index in [2.05, 4.69) is 21.2 Å². The van der Waals surface area contributed by atoms with Crippen molar-refractivity contribution in [3.8, 4) is 0 Å². The van der Waals surface area contributed by atoms with Gasteiger partial charge in [0.1, 0.15) is 11.6 Å². The smallest absolute Gasteiger partial charge is 0.237 e. The Morgan fingerprint density at radius 3 is 2.53 bits per heavy atom. The fraction of sp³-hybridized carbons (Fsp3) is 0.333. The minimum atomic E-state index is -1.11. The van der Waals surface area contributed by atoms with E-state index in [-0.39, 0.29) is 15.1 Å². The van der Waals surface area contributed by atoms with Crippen LogP contribution in [0.5, 0.6) is 0 Å². The highest BCUT2D eigenvalue weighted by Crippen LogP contribution is 2.27. The van der Waals surface area contributed by atoms with Gasteiger partial charge in [0, 0.05) is 6.07 Å². The highest BCUT2D eigenvalue weighted by Gasteiger charge is 2.35. The van der Waals surface area contributed by atoms with E-state index in [4.69, 9.17) is 18.0 Å². The van der Waals surface area contributed by atoms with Gasteiger partial charge in [-0.25, -0.2) is 8.78 Å².